The highest BCUT2D eigenvalue weighted by Gasteiger charge is 2.21. The summed E-state index contributed by atoms with van der Waals surface area (Å²) >= 11 is 1.86. The summed E-state index contributed by atoms with van der Waals surface area (Å²) < 4.78 is 2.59. The molecule has 11 rings (SSSR count). The fraction of sp³-hybridized carbons (Fsp3) is 0. The lowest BCUT2D eigenvalue weighted by atomic mass is 9.85. The summed E-state index contributed by atoms with van der Waals surface area (Å²) in [6.07, 6.45) is 0. The lowest BCUT2D eigenvalue weighted by Crippen LogP contribution is -2.10. The van der Waals surface area contributed by atoms with Crippen molar-refractivity contribution in [3.63, 3.8) is 0 Å². The van der Waals surface area contributed by atoms with E-state index in [1.54, 1.807) is 0 Å². The SMILES string of the molecule is c1ccc(-c2c(-c3ccccc3)c3cc(N(c4cccc(-c5cccc6ccccc56)c4)c4ccc5c(c4)sc4ccccc45)ccc3c3ccccc23)cc1. The first kappa shape index (κ1) is 32.4. The van der Waals surface area contributed by atoms with Crippen LogP contribution in [0.1, 0.15) is 0 Å². The molecule has 0 saturated carbocycles. The second-order valence-corrected chi connectivity index (χ2v) is 15.5. The smallest absolute Gasteiger partial charge is 0.0476 e. The molecular formula is C54H35NS. The van der Waals surface area contributed by atoms with E-state index < -0.39 is 0 Å². The molecule has 0 fully saturated rings. The van der Waals surface area contributed by atoms with Gasteiger partial charge in [-0.15, -0.1) is 11.3 Å². The molecule has 0 spiro atoms. The Morgan fingerprint density at radius 3 is 1.59 bits per heavy atom. The lowest BCUT2D eigenvalue weighted by Gasteiger charge is -2.27. The van der Waals surface area contributed by atoms with Crippen LogP contribution in [0.15, 0.2) is 212 Å². The minimum Gasteiger partial charge on any atom is -0.310 e. The maximum Gasteiger partial charge on any atom is 0.0476 e. The van der Waals surface area contributed by atoms with E-state index in [4.69, 9.17) is 0 Å². The van der Waals surface area contributed by atoms with Crippen molar-refractivity contribution in [2.24, 2.45) is 0 Å². The summed E-state index contributed by atoms with van der Waals surface area (Å²) in [6, 6.07) is 77.8. The molecule has 0 aliphatic carbocycles. The van der Waals surface area contributed by atoms with Gasteiger partial charge in [0, 0.05) is 37.2 Å². The first-order valence-electron chi connectivity index (χ1n) is 19.2. The number of rotatable bonds is 6. The molecule has 0 radical (unpaired) electrons. The van der Waals surface area contributed by atoms with Gasteiger partial charge in [-0.1, -0.05) is 170 Å². The fourth-order valence-corrected chi connectivity index (χ4v) is 9.86. The summed E-state index contributed by atoms with van der Waals surface area (Å²) in [5.74, 6) is 0. The monoisotopic (exact) mass is 729 g/mol. The van der Waals surface area contributed by atoms with Gasteiger partial charge in [0.2, 0.25) is 0 Å². The summed E-state index contributed by atoms with van der Waals surface area (Å²) in [7, 11) is 0. The van der Waals surface area contributed by atoms with Crippen LogP contribution in [0.5, 0.6) is 0 Å². The molecule has 0 saturated heterocycles. The summed E-state index contributed by atoms with van der Waals surface area (Å²) in [5.41, 5.74) is 10.7. The molecule has 1 nitrogen and oxygen atoms in total. The number of anilines is 3. The Morgan fingerprint density at radius 1 is 0.286 bits per heavy atom. The Morgan fingerprint density at radius 2 is 0.804 bits per heavy atom. The number of hydrogen-bond donors (Lipinski definition) is 0. The first-order chi connectivity index (χ1) is 27.8. The molecular weight excluding hydrogens is 695 g/mol. The Bertz CT molecular complexity index is 3250. The van der Waals surface area contributed by atoms with E-state index in [0.29, 0.717) is 0 Å². The van der Waals surface area contributed by atoms with Crippen molar-refractivity contribution in [2.75, 3.05) is 4.90 Å². The van der Waals surface area contributed by atoms with Crippen LogP contribution in [0.3, 0.4) is 0 Å². The average Bonchev–Trinajstić information content (AvgIpc) is 3.64. The third kappa shape index (κ3) is 5.38. The van der Waals surface area contributed by atoms with Gasteiger partial charge in [-0.3, -0.25) is 0 Å². The quantitative estimate of drug-likeness (QED) is 0.154. The molecule has 0 atom stereocenters. The number of hydrogen-bond acceptors (Lipinski definition) is 2. The molecule has 0 aliphatic heterocycles. The Kier molecular flexibility index (Phi) is 7.75. The van der Waals surface area contributed by atoms with E-state index in [0.717, 1.165) is 17.1 Å². The number of fused-ring (bicyclic) bond motifs is 7. The number of thiophene rings is 1. The van der Waals surface area contributed by atoms with E-state index in [2.05, 4.69) is 217 Å². The molecule has 10 aromatic carbocycles. The third-order valence-electron chi connectivity index (χ3n) is 11.2. The molecule has 1 heterocycles. The van der Waals surface area contributed by atoms with Gasteiger partial charge in [0.15, 0.2) is 0 Å². The zero-order valence-corrected chi connectivity index (χ0v) is 31.4. The minimum atomic E-state index is 1.11. The van der Waals surface area contributed by atoms with Crippen molar-refractivity contribution in [1.29, 1.82) is 0 Å². The highest BCUT2D eigenvalue weighted by molar-refractivity contribution is 7.25. The lowest BCUT2D eigenvalue weighted by molar-refractivity contribution is 1.30. The highest BCUT2D eigenvalue weighted by Crippen LogP contribution is 2.48. The Hall–Kier alpha value is -7.00. The molecule has 1 aromatic heterocycles. The van der Waals surface area contributed by atoms with Crippen molar-refractivity contribution in [3.8, 4) is 33.4 Å². The van der Waals surface area contributed by atoms with E-state index >= 15 is 0 Å². The molecule has 0 unspecified atom stereocenters. The predicted molar refractivity (Wildman–Crippen MR) is 243 cm³/mol. The van der Waals surface area contributed by atoms with Crippen LogP contribution in [-0.4, -0.2) is 0 Å². The van der Waals surface area contributed by atoms with Crippen LogP contribution < -0.4 is 4.90 Å². The van der Waals surface area contributed by atoms with E-state index in [-0.39, 0.29) is 0 Å². The first-order valence-corrected chi connectivity index (χ1v) is 20.0. The molecule has 0 N–H and O–H groups in total. The minimum absolute atomic E-state index is 1.11. The molecule has 0 amide bonds. The van der Waals surface area contributed by atoms with E-state index in [1.807, 2.05) is 11.3 Å². The van der Waals surface area contributed by atoms with Gasteiger partial charge in [-0.05, 0) is 108 Å². The highest BCUT2D eigenvalue weighted by atomic mass is 32.1. The van der Waals surface area contributed by atoms with Gasteiger partial charge in [0.1, 0.15) is 0 Å². The van der Waals surface area contributed by atoms with Gasteiger partial charge in [-0.2, -0.15) is 0 Å². The Labute approximate surface area is 330 Å². The van der Waals surface area contributed by atoms with Gasteiger partial charge in [-0.25, -0.2) is 0 Å². The standard InChI is InChI=1S/C54H35NS/c1-3-16-37(17-4-1)53-49-26-10-9-24-45(49)46-31-29-41(34-50(46)54(53)38-18-5-2-6-19-38)55(42-30-32-48-47-25-11-12-28-51(47)56-52(48)35-42)40-22-13-21-39(33-40)44-27-14-20-36-15-7-8-23-43(36)44/h1-35H. The topological polar surface area (TPSA) is 3.24 Å². The molecule has 0 bridgehead atoms. The number of nitrogens with zero attached hydrogens (tertiary/aromatic N) is 1. The van der Waals surface area contributed by atoms with Crippen LogP contribution in [0, 0.1) is 0 Å². The Balaban J connectivity index is 1.20. The van der Waals surface area contributed by atoms with Gasteiger partial charge < -0.3 is 4.90 Å². The van der Waals surface area contributed by atoms with Crippen molar-refractivity contribution >= 4 is 80.9 Å². The van der Waals surface area contributed by atoms with Crippen molar-refractivity contribution in [1.82, 2.24) is 0 Å². The maximum absolute atomic E-state index is 2.45. The molecule has 11 aromatic rings. The molecule has 56 heavy (non-hydrogen) atoms. The normalized spacial score (nSPS) is 11.6. The zero-order valence-electron chi connectivity index (χ0n) is 30.6. The molecule has 0 aliphatic rings. The second kappa shape index (κ2) is 13.4. The van der Waals surface area contributed by atoms with Crippen LogP contribution >= 0.6 is 11.3 Å². The van der Waals surface area contributed by atoms with Gasteiger partial charge >= 0.3 is 0 Å². The van der Waals surface area contributed by atoms with Crippen molar-refractivity contribution < 1.29 is 0 Å². The average molecular weight is 730 g/mol. The fourth-order valence-electron chi connectivity index (χ4n) is 8.72. The van der Waals surface area contributed by atoms with E-state index in [9.17, 15) is 0 Å². The largest absolute Gasteiger partial charge is 0.310 e. The van der Waals surface area contributed by atoms with E-state index in [1.165, 1.54) is 85.9 Å². The van der Waals surface area contributed by atoms with Crippen LogP contribution in [0.2, 0.25) is 0 Å². The maximum atomic E-state index is 2.45. The van der Waals surface area contributed by atoms with Gasteiger partial charge in [0.05, 0.1) is 0 Å². The third-order valence-corrected chi connectivity index (χ3v) is 12.4. The molecule has 262 valence electrons. The summed E-state index contributed by atoms with van der Waals surface area (Å²) in [4.78, 5) is 2.45. The van der Waals surface area contributed by atoms with Crippen molar-refractivity contribution in [2.45, 2.75) is 0 Å². The second-order valence-electron chi connectivity index (χ2n) is 14.4. The molecule has 2 heteroatoms. The zero-order chi connectivity index (χ0) is 37.0. The summed E-state index contributed by atoms with van der Waals surface area (Å²) in [5, 5.41) is 10.1. The van der Waals surface area contributed by atoms with Gasteiger partial charge in [0.25, 0.3) is 0 Å². The predicted octanol–water partition coefficient (Wildman–Crippen LogP) is 16.0. The number of benzene rings is 10. The van der Waals surface area contributed by atoms with Crippen LogP contribution in [-0.2, 0) is 0 Å². The van der Waals surface area contributed by atoms with Crippen LogP contribution in [0.25, 0.3) is 85.9 Å². The van der Waals surface area contributed by atoms with Crippen LogP contribution in [0.4, 0.5) is 17.1 Å². The van der Waals surface area contributed by atoms with Crippen molar-refractivity contribution in [3.05, 3.63) is 212 Å². The summed E-state index contributed by atoms with van der Waals surface area (Å²) in [6.45, 7) is 0.